The maximum Gasteiger partial charge on any atom is 0.262 e. The number of carbonyl (C=O) groups excluding carboxylic acids is 1. The molecule has 1 heterocycles. The molecule has 0 unspecified atom stereocenters. The first-order valence-corrected chi connectivity index (χ1v) is 8.94. The third-order valence-corrected chi connectivity index (χ3v) is 5.06. The number of fused-ring (bicyclic) bond motifs is 1. The number of benzene rings is 2. The molecule has 0 atom stereocenters. The van der Waals surface area contributed by atoms with Crippen molar-refractivity contribution >= 4 is 44.7 Å². The summed E-state index contributed by atoms with van der Waals surface area (Å²) in [7, 11) is -4.00. The summed E-state index contributed by atoms with van der Waals surface area (Å²) in [6, 6.07) is 6.78. The summed E-state index contributed by atoms with van der Waals surface area (Å²) in [6.07, 6.45) is 0. The van der Waals surface area contributed by atoms with Crippen molar-refractivity contribution in [3.05, 3.63) is 45.9 Å². The molecular weight excluding hydrogens is 377 g/mol. The minimum atomic E-state index is -4.00. The molecule has 0 spiro atoms. The monoisotopic (exact) mass is 387 g/mol. The molecule has 1 aliphatic heterocycles. The van der Waals surface area contributed by atoms with Gasteiger partial charge in [0.05, 0.1) is 10.6 Å². The Morgan fingerprint density at radius 3 is 2.21 bits per heavy atom. The fourth-order valence-corrected chi connectivity index (χ4v) is 4.00. The highest BCUT2D eigenvalue weighted by Gasteiger charge is 2.23. The average Bonchev–Trinajstić information content (AvgIpc) is 2.92. The Labute approximate surface area is 148 Å². The van der Waals surface area contributed by atoms with Crippen LogP contribution in [0.4, 0.5) is 5.69 Å². The number of hydrogen-bond acceptors (Lipinski definition) is 5. The quantitative estimate of drug-likeness (QED) is 0.808. The van der Waals surface area contributed by atoms with E-state index >= 15 is 0 Å². The number of anilines is 1. The maximum absolute atomic E-state index is 12.6. The minimum Gasteiger partial charge on any atom is -0.454 e. The third-order valence-electron chi connectivity index (χ3n) is 3.28. The Morgan fingerprint density at radius 1 is 1.04 bits per heavy atom. The number of halogens is 2. The predicted octanol–water partition coefficient (Wildman–Crippen LogP) is 3.73. The number of carbonyl (C=O) groups is 1. The van der Waals surface area contributed by atoms with Crippen LogP contribution < -0.4 is 14.2 Å². The van der Waals surface area contributed by atoms with Crippen molar-refractivity contribution < 1.29 is 22.7 Å². The minimum absolute atomic E-state index is 0.00673. The topological polar surface area (TPSA) is 81.7 Å². The van der Waals surface area contributed by atoms with Crippen LogP contribution in [-0.4, -0.2) is 21.0 Å². The second kappa shape index (κ2) is 6.16. The number of Topliss-reactive ketones (excluding diaryl/α,β-unsaturated/α-hetero) is 1. The normalized spacial score (nSPS) is 13.0. The Kier molecular flexibility index (Phi) is 4.33. The molecule has 24 heavy (non-hydrogen) atoms. The molecule has 9 heteroatoms. The SMILES string of the molecule is CC(=O)c1cc2c(cc1NS(=O)(=O)c1cc(Cl)cc(Cl)c1)OCO2. The molecule has 6 nitrogen and oxygen atoms in total. The Morgan fingerprint density at radius 2 is 1.62 bits per heavy atom. The lowest BCUT2D eigenvalue weighted by Crippen LogP contribution is -2.15. The summed E-state index contributed by atoms with van der Waals surface area (Å²) in [4.78, 5) is 11.7. The highest BCUT2D eigenvalue weighted by Crippen LogP contribution is 2.38. The number of hydrogen-bond donors (Lipinski definition) is 1. The number of sulfonamides is 1. The van der Waals surface area contributed by atoms with Crippen LogP contribution in [0, 0.1) is 0 Å². The van der Waals surface area contributed by atoms with Crippen molar-refractivity contribution in [3.63, 3.8) is 0 Å². The summed E-state index contributed by atoms with van der Waals surface area (Å²) in [5.74, 6) is 0.408. The predicted molar refractivity (Wildman–Crippen MR) is 89.8 cm³/mol. The highest BCUT2D eigenvalue weighted by molar-refractivity contribution is 7.92. The third kappa shape index (κ3) is 3.28. The summed E-state index contributed by atoms with van der Waals surface area (Å²) in [5, 5.41) is 0.362. The molecule has 1 N–H and O–H groups in total. The lowest BCUT2D eigenvalue weighted by molar-refractivity contribution is 0.101. The van der Waals surface area contributed by atoms with Gasteiger partial charge < -0.3 is 9.47 Å². The first-order valence-electron chi connectivity index (χ1n) is 6.70. The van der Waals surface area contributed by atoms with Crippen molar-refractivity contribution in [2.45, 2.75) is 11.8 Å². The fraction of sp³-hybridized carbons (Fsp3) is 0.133. The summed E-state index contributed by atoms with van der Waals surface area (Å²) >= 11 is 11.7. The lowest BCUT2D eigenvalue weighted by atomic mass is 10.1. The summed E-state index contributed by atoms with van der Waals surface area (Å²) in [6.45, 7) is 1.33. The molecule has 0 aliphatic carbocycles. The highest BCUT2D eigenvalue weighted by atomic mass is 35.5. The number of rotatable bonds is 4. The number of nitrogens with one attached hydrogen (secondary N) is 1. The molecule has 0 aromatic heterocycles. The van der Waals surface area contributed by atoms with Gasteiger partial charge in [0.15, 0.2) is 17.3 Å². The number of ketones is 1. The molecule has 3 rings (SSSR count). The van der Waals surface area contributed by atoms with E-state index in [1.165, 1.54) is 37.3 Å². The van der Waals surface area contributed by atoms with Crippen LogP contribution >= 0.6 is 23.2 Å². The zero-order chi connectivity index (χ0) is 17.5. The lowest BCUT2D eigenvalue weighted by Gasteiger charge is -2.12. The van der Waals surface area contributed by atoms with E-state index in [9.17, 15) is 13.2 Å². The van der Waals surface area contributed by atoms with Crippen LogP contribution in [0.3, 0.4) is 0 Å². The molecule has 0 radical (unpaired) electrons. The molecule has 0 bridgehead atoms. The van der Waals surface area contributed by atoms with Gasteiger partial charge in [-0.25, -0.2) is 8.42 Å². The van der Waals surface area contributed by atoms with Crippen molar-refractivity contribution in [2.75, 3.05) is 11.5 Å². The van der Waals surface area contributed by atoms with Gasteiger partial charge in [0, 0.05) is 21.7 Å². The molecule has 2 aromatic rings. The van der Waals surface area contributed by atoms with E-state index in [0.717, 1.165) is 0 Å². The average molecular weight is 388 g/mol. The summed E-state index contributed by atoms with van der Waals surface area (Å²) in [5.41, 5.74) is 0.249. The molecule has 0 fully saturated rings. The van der Waals surface area contributed by atoms with Gasteiger partial charge in [0.25, 0.3) is 10.0 Å². The van der Waals surface area contributed by atoms with E-state index in [2.05, 4.69) is 4.72 Å². The molecule has 1 aliphatic rings. The molecular formula is C15H11Cl2NO5S. The van der Waals surface area contributed by atoms with Crippen molar-refractivity contribution in [2.24, 2.45) is 0 Å². The van der Waals surface area contributed by atoms with Gasteiger partial charge in [-0.3, -0.25) is 9.52 Å². The van der Waals surface area contributed by atoms with Crippen LogP contribution in [0.5, 0.6) is 11.5 Å². The molecule has 2 aromatic carbocycles. The van der Waals surface area contributed by atoms with E-state index < -0.39 is 10.0 Å². The largest absolute Gasteiger partial charge is 0.454 e. The van der Waals surface area contributed by atoms with E-state index in [1.807, 2.05) is 0 Å². The molecule has 0 saturated heterocycles. The van der Waals surface area contributed by atoms with Crippen LogP contribution in [0.15, 0.2) is 35.2 Å². The van der Waals surface area contributed by atoms with E-state index in [-0.39, 0.29) is 38.8 Å². The molecule has 0 amide bonds. The number of ether oxygens (including phenoxy) is 2. The molecule has 0 saturated carbocycles. The zero-order valence-electron chi connectivity index (χ0n) is 12.3. The van der Waals surface area contributed by atoms with Crippen LogP contribution in [-0.2, 0) is 10.0 Å². The Hall–Kier alpha value is -1.96. The Balaban J connectivity index is 2.05. The van der Waals surface area contributed by atoms with E-state index in [1.54, 1.807) is 0 Å². The van der Waals surface area contributed by atoms with Crippen molar-refractivity contribution in [1.82, 2.24) is 0 Å². The standard InChI is InChI=1S/C15H11Cl2NO5S/c1-8(19)12-5-14-15(23-7-22-14)6-13(12)18-24(20,21)11-3-9(16)2-10(17)4-11/h2-6,18H,7H2,1H3. The van der Waals surface area contributed by atoms with Gasteiger partial charge >= 0.3 is 0 Å². The Bertz CT molecular complexity index is 923. The van der Waals surface area contributed by atoms with Crippen LogP contribution in [0.25, 0.3) is 0 Å². The second-order valence-electron chi connectivity index (χ2n) is 5.02. The fourth-order valence-electron chi connectivity index (χ4n) is 2.21. The van der Waals surface area contributed by atoms with Crippen molar-refractivity contribution in [3.8, 4) is 11.5 Å². The van der Waals surface area contributed by atoms with E-state index in [4.69, 9.17) is 32.7 Å². The van der Waals surface area contributed by atoms with Crippen LogP contribution in [0.2, 0.25) is 10.0 Å². The first kappa shape index (κ1) is 16.9. The van der Waals surface area contributed by atoms with E-state index in [0.29, 0.717) is 11.5 Å². The van der Waals surface area contributed by atoms with Crippen LogP contribution in [0.1, 0.15) is 17.3 Å². The van der Waals surface area contributed by atoms with Gasteiger partial charge in [0.2, 0.25) is 6.79 Å². The molecule has 126 valence electrons. The zero-order valence-corrected chi connectivity index (χ0v) is 14.6. The summed E-state index contributed by atoms with van der Waals surface area (Å²) < 4.78 is 37.9. The maximum atomic E-state index is 12.6. The second-order valence-corrected chi connectivity index (χ2v) is 7.57. The van der Waals surface area contributed by atoms with Gasteiger partial charge in [-0.05, 0) is 31.2 Å². The first-order chi connectivity index (χ1) is 11.3. The van der Waals surface area contributed by atoms with Crippen molar-refractivity contribution in [1.29, 1.82) is 0 Å². The van der Waals surface area contributed by atoms with Gasteiger partial charge in [0.1, 0.15) is 0 Å². The van der Waals surface area contributed by atoms with Gasteiger partial charge in [-0.2, -0.15) is 0 Å². The smallest absolute Gasteiger partial charge is 0.262 e. The van der Waals surface area contributed by atoms with Gasteiger partial charge in [-0.1, -0.05) is 23.2 Å². The van der Waals surface area contributed by atoms with Gasteiger partial charge in [-0.15, -0.1) is 0 Å².